The van der Waals surface area contributed by atoms with Crippen molar-refractivity contribution in [1.82, 2.24) is 9.97 Å². The highest BCUT2D eigenvalue weighted by atomic mass is 32.2. The molecule has 0 aliphatic carbocycles. The number of benzene rings is 1. The van der Waals surface area contributed by atoms with Crippen LogP contribution in [0.25, 0.3) is 0 Å². The number of hydrogen-bond acceptors (Lipinski definition) is 5. The number of ether oxygens (including phenoxy) is 1. The number of anilines is 1. The molecule has 1 heterocycles. The van der Waals surface area contributed by atoms with Gasteiger partial charge in [0.1, 0.15) is 16.6 Å². The van der Waals surface area contributed by atoms with Crippen LogP contribution in [0.15, 0.2) is 35.4 Å². The van der Waals surface area contributed by atoms with E-state index < -0.39 is 6.61 Å². The average Bonchev–Trinajstić information content (AvgIpc) is 2.46. The van der Waals surface area contributed by atoms with Crippen molar-refractivity contribution in [1.29, 1.82) is 0 Å². The quantitative estimate of drug-likeness (QED) is 0.645. The summed E-state index contributed by atoms with van der Waals surface area (Å²) in [6.45, 7) is 0.667. The Hall–Kier alpha value is -2.22. The molecule has 122 valence electrons. The lowest BCUT2D eigenvalue weighted by Crippen LogP contribution is -2.15. The molecule has 2 rings (SSSR count). The standard InChI is InChI=1S/C15H15F2N3O2S/c1-9-7-14(19-10(2)18-9)23-8-13(21)20-11-5-3-4-6-12(11)22-15(16)17/h3-7,15H,8H2,1-2H3,(H,20,21). The van der Waals surface area contributed by atoms with E-state index in [0.29, 0.717) is 10.9 Å². The number of nitrogens with zero attached hydrogens (tertiary/aromatic N) is 2. The third-order valence-corrected chi connectivity index (χ3v) is 3.58. The first-order chi connectivity index (χ1) is 10.9. The second kappa shape index (κ2) is 7.87. The molecule has 23 heavy (non-hydrogen) atoms. The Bertz CT molecular complexity index is 678. The van der Waals surface area contributed by atoms with Crippen LogP contribution >= 0.6 is 11.8 Å². The summed E-state index contributed by atoms with van der Waals surface area (Å²) < 4.78 is 29.0. The highest BCUT2D eigenvalue weighted by molar-refractivity contribution is 7.99. The molecule has 0 atom stereocenters. The van der Waals surface area contributed by atoms with Crippen LogP contribution in [0, 0.1) is 13.8 Å². The Kier molecular flexibility index (Phi) is 5.86. The largest absolute Gasteiger partial charge is 0.433 e. The van der Waals surface area contributed by atoms with Crippen molar-refractivity contribution >= 4 is 23.4 Å². The van der Waals surface area contributed by atoms with E-state index >= 15 is 0 Å². The molecule has 0 aliphatic rings. The van der Waals surface area contributed by atoms with Gasteiger partial charge in [0.15, 0.2) is 0 Å². The molecule has 1 aromatic carbocycles. The van der Waals surface area contributed by atoms with Crippen LogP contribution in [0.2, 0.25) is 0 Å². The topological polar surface area (TPSA) is 64.1 Å². The molecule has 0 aliphatic heterocycles. The number of aromatic nitrogens is 2. The van der Waals surface area contributed by atoms with Gasteiger partial charge in [-0.15, -0.1) is 0 Å². The lowest BCUT2D eigenvalue weighted by molar-refractivity contribution is -0.113. The van der Waals surface area contributed by atoms with Crippen molar-refractivity contribution in [2.24, 2.45) is 0 Å². The van der Waals surface area contributed by atoms with Crippen molar-refractivity contribution in [3.05, 3.63) is 41.9 Å². The number of carbonyl (C=O) groups is 1. The maximum absolute atomic E-state index is 12.3. The lowest BCUT2D eigenvalue weighted by Gasteiger charge is -2.11. The maximum Gasteiger partial charge on any atom is 0.387 e. The van der Waals surface area contributed by atoms with Crippen LogP contribution in [0.5, 0.6) is 5.75 Å². The van der Waals surface area contributed by atoms with Crippen LogP contribution in [-0.2, 0) is 4.79 Å². The van der Waals surface area contributed by atoms with Gasteiger partial charge in [0.2, 0.25) is 5.91 Å². The minimum absolute atomic E-state index is 0.0745. The average molecular weight is 339 g/mol. The van der Waals surface area contributed by atoms with E-state index in [-0.39, 0.29) is 23.1 Å². The zero-order valence-corrected chi connectivity index (χ0v) is 13.4. The number of carbonyl (C=O) groups excluding carboxylic acids is 1. The maximum atomic E-state index is 12.3. The van der Waals surface area contributed by atoms with Gasteiger partial charge in [0.05, 0.1) is 11.4 Å². The summed E-state index contributed by atoms with van der Waals surface area (Å²) in [5, 5.41) is 3.24. The second-order valence-corrected chi connectivity index (χ2v) is 5.60. The van der Waals surface area contributed by atoms with E-state index in [9.17, 15) is 13.6 Å². The molecule has 0 saturated heterocycles. The first kappa shape index (κ1) is 17.1. The lowest BCUT2D eigenvalue weighted by atomic mass is 10.3. The Labute approximate surface area is 136 Å². The number of thioether (sulfide) groups is 1. The van der Waals surface area contributed by atoms with E-state index in [2.05, 4.69) is 20.0 Å². The SMILES string of the molecule is Cc1cc(SCC(=O)Nc2ccccc2OC(F)F)nc(C)n1. The molecule has 8 heteroatoms. The molecule has 5 nitrogen and oxygen atoms in total. The minimum atomic E-state index is -2.95. The van der Waals surface area contributed by atoms with Crippen LogP contribution in [0.1, 0.15) is 11.5 Å². The molecular weight excluding hydrogens is 324 g/mol. The fourth-order valence-electron chi connectivity index (χ4n) is 1.85. The minimum Gasteiger partial charge on any atom is -0.433 e. The highest BCUT2D eigenvalue weighted by Crippen LogP contribution is 2.26. The second-order valence-electron chi connectivity index (χ2n) is 4.61. The molecule has 0 spiro atoms. The molecular formula is C15H15F2N3O2S. The number of para-hydroxylation sites is 2. The summed E-state index contributed by atoms with van der Waals surface area (Å²) in [5.74, 6) is 0.311. The molecule has 0 radical (unpaired) electrons. The third kappa shape index (κ3) is 5.48. The fraction of sp³-hybridized carbons (Fsp3) is 0.267. The summed E-state index contributed by atoms with van der Waals surface area (Å²) in [6.07, 6.45) is 0. The summed E-state index contributed by atoms with van der Waals surface area (Å²) in [7, 11) is 0. The molecule has 1 N–H and O–H groups in total. The van der Waals surface area contributed by atoms with Gasteiger partial charge in [-0.1, -0.05) is 23.9 Å². The number of hydrogen-bond donors (Lipinski definition) is 1. The fourth-order valence-corrected chi connectivity index (χ4v) is 2.65. The Morgan fingerprint density at radius 2 is 2.04 bits per heavy atom. The number of aryl methyl sites for hydroxylation is 2. The van der Waals surface area contributed by atoms with Crippen molar-refractivity contribution in [2.45, 2.75) is 25.5 Å². The first-order valence-corrected chi connectivity index (χ1v) is 7.71. The molecule has 0 saturated carbocycles. The van der Waals surface area contributed by atoms with Gasteiger partial charge in [-0.3, -0.25) is 4.79 Å². The number of amides is 1. The number of halogens is 2. The zero-order chi connectivity index (χ0) is 16.8. The number of rotatable bonds is 6. The van der Waals surface area contributed by atoms with E-state index in [1.54, 1.807) is 25.1 Å². The summed E-state index contributed by atoms with van der Waals surface area (Å²) in [6, 6.07) is 7.82. The van der Waals surface area contributed by atoms with Crippen LogP contribution in [0.4, 0.5) is 14.5 Å². The smallest absolute Gasteiger partial charge is 0.387 e. The summed E-state index contributed by atoms with van der Waals surface area (Å²) >= 11 is 1.24. The van der Waals surface area contributed by atoms with Gasteiger partial charge >= 0.3 is 6.61 Å². The van der Waals surface area contributed by atoms with Gasteiger partial charge in [-0.2, -0.15) is 8.78 Å². The predicted molar refractivity (Wildman–Crippen MR) is 83.9 cm³/mol. The van der Waals surface area contributed by atoms with Crippen molar-refractivity contribution < 1.29 is 18.3 Å². The Morgan fingerprint density at radius 1 is 1.30 bits per heavy atom. The predicted octanol–water partition coefficient (Wildman–Crippen LogP) is 3.43. The summed E-state index contributed by atoms with van der Waals surface area (Å²) in [5.41, 5.74) is 1.02. The number of alkyl halides is 2. The summed E-state index contributed by atoms with van der Waals surface area (Å²) in [4.78, 5) is 20.3. The molecule has 2 aromatic rings. The van der Waals surface area contributed by atoms with E-state index in [4.69, 9.17) is 0 Å². The van der Waals surface area contributed by atoms with Crippen LogP contribution < -0.4 is 10.1 Å². The van der Waals surface area contributed by atoms with E-state index in [1.165, 1.54) is 23.9 Å². The zero-order valence-electron chi connectivity index (χ0n) is 12.5. The van der Waals surface area contributed by atoms with Gasteiger partial charge in [-0.05, 0) is 32.0 Å². The van der Waals surface area contributed by atoms with E-state index in [1.807, 2.05) is 6.92 Å². The third-order valence-electron chi connectivity index (χ3n) is 2.67. The van der Waals surface area contributed by atoms with Gasteiger partial charge < -0.3 is 10.1 Å². The molecule has 1 amide bonds. The van der Waals surface area contributed by atoms with Gasteiger partial charge in [-0.25, -0.2) is 9.97 Å². The Morgan fingerprint density at radius 3 is 2.74 bits per heavy atom. The van der Waals surface area contributed by atoms with Crippen molar-refractivity contribution in [3.63, 3.8) is 0 Å². The first-order valence-electron chi connectivity index (χ1n) is 6.73. The van der Waals surface area contributed by atoms with Gasteiger partial charge in [0.25, 0.3) is 0 Å². The van der Waals surface area contributed by atoms with Gasteiger partial charge in [0, 0.05) is 5.69 Å². The molecule has 1 aromatic heterocycles. The molecule has 0 bridgehead atoms. The monoisotopic (exact) mass is 339 g/mol. The van der Waals surface area contributed by atoms with Crippen LogP contribution in [0.3, 0.4) is 0 Å². The van der Waals surface area contributed by atoms with Crippen molar-refractivity contribution in [2.75, 3.05) is 11.1 Å². The Balaban J connectivity index is 1.97. The molecule has 0 fully saturated rings. The van der Waals surface area contributed by atoms with Crippen LogP contribution in [-0.4, -0.2) is 28.2 Å². The molecule has 0 unspecified atom stereocenters. The normalized spacial score (nSPS) is 10.7. The number of nitrogens with one attached hydrogen (secondary N) is 1. The van der Waals surface area contributed by atoms with E-state index in [0.717, 1.165) is 5.69 Å². The highest BCUT2D eigenvalue weighted by Gasteiger charge is 2.12. The van der Waals surface area contributed by atoms with Crippen molar-refractivity contribution in [3.8, 4) is 5.75 Å².